The van der Waals surface area contributed by atoms with Gasteiger partial charge in [0.1, 0.15) is 22.7 Å². The molecule has 42 heavy (non-hydrogen) atoms. The van der Waals surface area contributed by atoms with E-state index in [1.165, 1.54) is 0 Å². The summed E-state index contributed by atoms with van der Waals surface area (Å²) in [6, 6.07) is 4.19. The molecular weight excluding hydrogens is 597 g/mol. The van der Waals surface area contributed by atoms with Gasteiger partial charge in [-0.3, -0.25) is 4.79 Å². The fraction of sp³-hybridized carbons (Fsp3) is 0.0385. The van der Waals surface area contributed by atoms with Gasteiger partial charge in [0.15, 0.2) is 29.0 Å². The standard InChI is InChI=1S/C26H12F5NO9S/c27-10-3-8-14(5-12(10)33)40-15-6-13(34)11(28)4-9(15)19(8)20-21(26(38)39)22(29)24(31)25(23(20)30)42-7-18(37)41-32-16(35)1-2-17(32)36/h1-6,33,35-36H,7H2,(H,38,39). The van der Waals surface area contributed by atoms with Crippen molar-refractivity contribution in [1.82, 2.24) is 4.73 Å². The summed E-state index contributed by atoms with van der Waals surface area (Å²) in [5.41, 5.74) is -5.83. The Morgan fingerprint density at radius 2 is 1.55 bits per heavy atom. The van der Waals surface area contributed by atoms with Crippen molar-refractivity contribution in [3.8, 4) is 40.0 Å². The molecule has 16 heteroatoms. The smallest absolute Gasteiger partial charge is 0.343 e. The topological polar surface area (TPSA) is 159 Å². The zero-order valence-electron chi connectivity index (χ0n) is 20.2. The first-order valence-corrected chi connectivity index (χ1v) is 12.2. The van der Waals surface area contributed by atoms with Gasteiger partial charge in [-0.2, -0.15) is 0 Å². The van der Waals surface area contributed by atoms with Crippen molar-refractivity contribution in [2.24, 2.45) is 0 Å². The van der Waals surface area contributed by atoms with Gasteiger partial charge in [0.25, 0.3) is 0 Å². The number of aromatic nitrogens is 1. The predicted octanol–water partition coefficient (Wildman–Crippen LogP) is 4.62. The number of benzene rings is 3. The number of nitrogens with zero attached hydrogens (tertiary/aromatic N) is 1. The van der Waals surface area contributed by atoms with Gasteiger partial charge in [-0.1, -0.05) is 0 Å². The third-order valence-electron chi connectivity index (χ3n) is 5.91. The Hall–Kier alpha value is -5.25. The number of carboxylic acids is 1. The quantitative estimate of drug-likeness (QED) is 0.0926. The summed E-state index contributed by atoms with van der Waals surface area (Å²) in [6.07, 6.45) is 0. The highest BCUT2D eigenvalue weighted by atomic mass is 32.2. The first kappa shape index (κ1) is 28.3. The molecule has 216 valence electrons. The molecule has 4 N–H and O–H groups in total. The van der Waals surface area contributed by atoms with E-state index in [9.17, 15) is 43.6 Å². The average Bonchev–Trinajstić information content (AvgIpc) is 3.23. The Labute approximate surface area is 232 Å². The van der Waals surface area contributed by atoms with Gasteiger partial charge < -0.3 is 29.7 Å². The fourth-order valence-electron chi connectivity index (χ4n) is 4.13. The van der Waals surface area contributed by atoms with Crippen LogP contribution in [-0.4, -0.2) is 42.8 Å². The van der Waals surface area contributed by atoms with E-state index in [1.54, 1.807) is 0 Å². The second kappa shape index (κ2) is 10.3. The van der Waals surface area contributed by atoms with Crippen LogP contribution in [0.1, 0.15) is 10.4 Å². The lowest BCUT2D eigenvalue weighted by atomic mass is 9.89. The average molecular weight is 609 g/mol. The number of carbonyl (C=O) groups is 2. The molecule has 0 atom stereocenters. The number of aromatic hydroxyl groups is 3. The molecule has 1 aliphatic carbocycles. The molecule has 0 unspecified atom stereocenters. The van der Waals surface area contributed by atoms with Gasteiger partial charge >= 0.3 is 11.9 Å². The second-order valence-corrected chi connectivity index (χ2v) is 9.46. The normalized spacial score (nSPS) is 11.4. The lowest BCUT2D eigenvalue weighted by Gasteiger charge is -2.19. The van der Waals surface area contributed by atoms with Gasteiger partial charge in [-0.05, 0) is 12.1 Å². The molecule has 0 radical (unpaired) electrons. The zero-order chi connectivity index (χ0) is 30.6. The molecule has 0 saturated heterocycles. The molecule has 1 aromatic heterocycles. The summed E-state index contributed by atoms with van der Waals surface area (Å²) in [5.74, 6) is -16.2. The number of phenolic OH excluding ortho intramolecular Hbond substituents is 1. The summed E-state index contributed by atoms with van der Waals surface area (Å²) < 4.78 is 81.0. The van der Waals surface area contributed by atoms with Crippen LogP contribution in [0.3, 0.4) is 0 Å². The van der Waals surface area contributed by atoms with Crippen molar-refractivity contribution in [3.63, 3.8) is 0 Å². The van der Waals surface area contributed by atoms with Gasteiger partial charge in [-0.15, -0.1) is 16.5 Å². The number of fused-ring (bicyclic) bond motifs is 2. The number of hydrogen-bond donors (Lipinski definition) is 4. The third-order valence-corrected chi connectivity index (χ3v) is 6.94. The van der Waals surface area contributed by atoms with Crippen molar-refractivity contribution in [2.45, 2.75) is 4.90 Å². The summed E-state index contributed by atoms with van der Waals surface area (Å²) in [6.45, 7) is 0. The summed E-state index contributed by atoms with van der Waals surface area (Å²) in [4.78, 5) is 39.7. The number of carbonyl (C=O) groups excluding carboxylic acids is 1. The van der Waals surface area contributed by atoms with E-state index in [0.717, 1.165) is 12.1 Å². The minimum absolute atomic E-state index is 0.0149. The van der Waals surface area contributed by atoms with Crippen LogP contribution in [-0.2, 0) is 4.79 Å². The van der Waals surface area contributed by atoms with Crippen LogP contribution in [0.4, 0.5) is 22.0 Å². The Bertz CT molecular complexity index is 1970. The van der Waals surface area contributed by atoms with Crippen LogP contribution in [0, 0.1) is 29.1 Å². The lowest BCUT2D eigenvalue weighted by Crippen LogP contribution is -2.21. The van der Waals surface area contributed by atoms with Gasteiger partial charge in [0.2, 0.25) is 17.2 Å². The minimum atomic E-state index is -2.20. The first-order valence-electron chi connectivity index (χ1n) is 11.3. The molecule has 10 nitrogen and oxygen atoms in total. The Morgan fingerprint density at radius 1 is 0.881 bits per heavy atom. The molecule has 5 rings (SSSR count). The zero-order valence-corrected chi connectivity index (χ0v) is 21.1. The molecule has 0 amide bonds. The van der Waals surface area contributed by atoms with Crippen LogP contribution < -0.4 is 10.3 Å². The highest BCUT2D eigenvalue weighted by Crippen LogP contribution is 2.46. The maximum Gasteiger partial charge on any atom is 0.343 e. The largest absolute Gasteiger partial charge is 0.505 e. The molecule has 0 saturated carbocycles. The molecule has 0 spiro atoms. The van der Waals surface area contributed by atoms with E-state index in [1.807, 2.05) is 0 Å². The van der Waals surface area contributed by atoms with Crippen molar-refractivity contribution >= 4 is 34.7 Å². The van der Waals surface area contributed by atoms with E-state index in [-0.39, 0.29) is 16.5 Å². The highest BCUT2D eigenvalue weighted by Gasteiger charge is 2.34. The fourth-order valence-corrected chi connectivity index (χ4v) is 4.89. The Kier molecular flexibility index (Phi) is 6.93. The molecule has 2 aromatic carbocycles. The van der Waals surface area contributed by atoms with E-state index < -0.39 is 114 Å². The minimum Gasteiger partial charge on any atom is -0.505 e. The number of carboxylic acid groups (broad SMARTS) is 1. The number of rotatable bonds is 6. The first-order chi connectivity index (χ1) is 19.8. The predicted molar refractivity (Wildman–Crippen MR) is 133 cm³/mol. The van der Waals surface area contributed by atoms with Crippen LogP contribution in [0.25, 0.3) is 33.4 Å². The maximum atomic E-state index is 16.1. The second-order valence-electron chi connectivity index (χ2n) is 8.48. The number of phenols is 1. The van der Waals surface area contributed by atoms with E-state index in [0.29, 0.717) is 24.3 Å². The molecule has 1 aliphatic heterocycles. The SMILES string of the molecule is O=C(CSc1c(F)c(F)c(C(=O)O)c(-c2c3cc(F)c(=O)cc-3oc3cc(O)c(F)cc23)c1F)On1c(O)ccc1O. The highest BCUT2D eigenvalue weighted by molar-refractivity contribution is 8.00. The van der Waals surface area contributed by atoms with E-state index in [2.05, 4.69) is 4.84 Å². The van der Waals surface area contributed by atoms with Crippen LogP contribution in [0.5, 0.6) is 17.5 Å². The van der Waals surface area contributed by atoms with Gasteiger partial charge in [-0.25, -0.2) is 31.5 Å². The molecule has 0 fully saturated rings. The number of thioether (sulfide) groups is 1. The van der Waals surface area contributed by atoms with Crippen LogP contribution in [0.2, 0.25) is 0 Å². The Morgan fingerprint density at radius 3 is 2.19 bits per heavy atom. The van der Waals surface area contributed by atoms with Crippen LogP contribution >= 0.6 is 11.8 Å². The molecule has 3 aromatic rings. The van der Waals surface area contributed by atoms with Gasteiger partial charge in [0.05, 0.1) is 10.6 Å². The third kappa shape index (κ3) is 4.60. The van der Waals surface area contributed by atoms with E-state index in [4.69, 9.17) is 4.42 Å². The lowest BCUT2D eigenvalue weighted by molar-refractivity contribution is -0.142. The molecule has 2 aliphatic rings. The summed E-state index contributed by atoms with van der Waals surface area (Å²) >= 11 is -0.0149. The number of hydrogen-bond acceptors (Lipinski definition) is 9. The molecular formula is C26H12F5NO9S. The van der Waals surface area contributed by atoms with Crippen molar-refractivity contribution in [1.29, 1.82) is 0 Å². The number of aromatic carboxylic acids is 1. The summed E-state index contributed by atoms with van der Waals surface area (Å²) in [5, 5.41) is 38.2. The number of halogens is 5. The van der Waals surface area contributed by atoms with Crippen molar-refractivity contribution in [2.75, 3.05) is 5.75 Å². The van der Waals surface area contributed by atoms with E-state index >= 15 is 13.2 Å². The monoisotopic (exact) mass is 609 g/mol. The maximum absolute atomic E-state index is 16.1. The molecule has 0 bridgehead atoms. The summed E-state index contributed by atoms with van der Waals surface area (Å²) in [7, 11) is 0. The van der Waals surface area contributed by atoms with Crippen LogP contribution in [0.15, 0.2) is 50.5 Å². The van der Waals surface area contributed by atoms with Crippen molar-refractivity contribution in [3.05, 3.63) is 81.3 Å². The van der Waals surface area contributed by atoms with Gasteiger partial charge in [0, 0.05) is 46.3 Å². The molecule has 2 heterocycles. The Balaban J connectivity index is 1.76. The van der Waals surface area contributed by atoms with Crippen molar-refractivity contribution < 1.29 is 61.2 Å².